The predicted molar refractivity (Wildman–Crippen MR) is 102 cm³/mol. The van der Waals surface area contributed by atoms with E-state index < -0.39 is 5.97 Å². The first-order valence-electron chi connectivity index (χ1n) is 8.89. The van der Waals surface area contributed by atoms with Gasteiger partial charge in [0.1, 0.15) is 11.5 Å². The molecule has 0 aliphatic carbocycles. The number of nitrogens with zero attached hydrogens (tertiary/aromatic N) is 1. The number of esters is 1. The second-order valence-electron chi connectivity index (χ2n) is 5.86. The summed E-state index contributed by atoms with van der Waals surface area (Å²) in [5.74, 6) is 0.656. The number of ether oxygens (including phenoxy) is 3. The van der Waals surface area contributed by atoms with Crippen LogP contribution in [0, 0.1) is 0 Å². The van der Waals surface area contributed by atoms with Crippen molar-refractivity contribution in [2.45, 2.75) is 20.4 Å². The Balaban J connectivity index is 1.82. The maximum atomic E-state index is 12.2. The normalized spacial score (nSPS) is 10.2. The molecule has 0 saturated heterocycles. The van der Waals surface area contributed by atoms with Crippen molar-refractivity contribution in [3.05, 3.63) is 59.7 Å². The highest BCUT2D eigenvalue weighted by Gasteiger charge is 2.14. The smallest absolute Gasteiger partial charge is 0.338 e. The highest BCUT2D eigenvalue weighted by molar-refractivity contribution is 5.91. The lowest BCUT2D eigenvalue weighted by Crippen LogP contribution is -2.30. The van der Waals surface area contributed by atoms with Gasteiger partial charge in [-0.05, 0) is 55.8 Å². The molecule has 144 valence electrons. The third kappa shape index (κ3) is 6.33. The molecule has 0 radical (unpaired) electrons. The number of carbonyl (C=O) groups is 2. The summed E-state index contributed by atoms with van der Waals surface area (Å²) in [6.45, 7) is 5.09. The van der Waals surface area contributed by atoms with Gasteiger partial charge in [-0.2, -0.15) is 0 Å². The van der Waals surface area contributed by atoms with Crippen molar-refractivity contribution in [3.8, 4) is 11.5 Å². The van der Waals surface area contributed by atoms with E-state index in [-0.39, 0.29) is 12.5 Å². The fraction of sp³-hybridized carbons (Fsp3) is 0.333. The third-order valence-electron chi connectivity index (χ3n) is 3.81. The molecule has 0 aliphatic heterocycles. The highest BCUT2D eigenvalue weighted by Crippen LogP contribution is 2.14. The van der Waals surface area contributed by atoms with Gasteiger partial charge in [-0.1, -0.05) is 12.1 Å². The van der Waals surface area contributed by atoms with Crippen LogP contribution in [0.2, 0.25) is 0 Å². The Kier molecular flexibility index (Phi) is 7.67. The van der Waals surface area contributed by atoms with E-state index >= 15 is 0 Å². The molecule has 0 saturated carbocycles. The largest absolute Gasteiger partial charge is 0.494 e. The standard InChI is InChI=1S/C21H25NO5/c1-4-25-18-10-6-16(7-11-18)14-22(3)20(23)15-27-21(24)17-8-12-19(13-9-17)26-5-2/h6-13H,4-5,14-15H2,1-3H3. The zero-order valence-corrected chi connectivity index (χ0v) is 15.9. The second kappa shape index (κ2) is 10.2. The van der Waals surface area contributed by atoms with Gasteiger partial charge in [-0.3, -0.25) is 4.79 Å². The second-order valence-corrected chi connectivity index (χ2v) is 5.86. The molecule has 0 spiro atoms. The first-order valence-corrected chi connectivity index (χ1v) is 8.89. The Morgan fingerprint density at radius 2 is 1.37 bits per heavy atom. The van der Waals surface area contributed by atoms with Crippen molar-refractivity contribution >= 4 is 11.9 Å². The molecule has 2 aromatic rings. The molecule has 2 aromatic carbocycles. The summed E-state index contributed by atoms with van der Waals surface area (Å²) >= 11 is 0. The Bertz CT molecular complexity index is 740. The quantitative estimate of drug-likeness (QED) is 0.633. The number of amides is 1. The van der Waals surface area contributed by atoms with E-state index in [9.17, 15) is 9.59 Å². The molecule has 6 nitrogen and oxygen atoms in total. The molecule has 0 aliphatic rings. The minimum Gasteiger partial charge on any atom is -0.494 e. The molecule has 0 unspecified atom stereocenters. The van der Waals surface area contributed by atoms with Crippen LogP contribution in [0.4, 0.5) is 0 Å². The minimum atomic E-state index is -0.541. The molecule has 6 heteroatoms. The van der Waals surface area contributed by atoms with Crippen LogP contribution in [0.3, 0.4) is 0 Å². The summed E-state index contributed by atoms with van der Waals surface area (Å²) in [5.41, 5.74) is 1.34. The van der Waals surface area contributed by atoms with E-state index in [1.54, 1.807) is 31.3 Å². The van der Waals surface area contributed by atoms with E-state index in [4.69, 9.17) is 14.2 Å². The average molecular weight is 371 g/mol. The van der Waals surface area contributed by atoms with Crippen molar-refractivity contribution in [2.24, 2.45) is 0 Å². The lowest BCUT2D eigenvalue weighted by molar-refractivity contribution is -0.133. The average Bonchev–Trinajstić information content (AvgIpc) is 2.68. The summed E-state index contributed by atoms with van der Waals surface area (Å²) in [5, 5.41) is 0. The molecule has 0 bridgehead atoms. The number of hydrogen-bond donors (Lipinski definition) is 0. The van der Waals surface area contributed by atoms with E-state index in [0.29, 0.717) is 31.1 Å². The van der Waals surface area contributed by atoms with Gasteiger partial charge in [-0.15, -0.1) is 0 Å². The molecular weight excluding hydrogens is 346 g/mol. The van der Waals surface area contributed by atoms with Crippen molar-refractivity contribution < 1.29 is 23.8 Å². The highest BCUT2D eigenvalue weighted by atomic mass is 16.5. The first-order chi connectivity index (χ1) is 13.0. The maximum absolute atomic E-state index is 12.2. The third-order valence-corrected chi connectivity index (χ3v) is 3.81. The molecule has 0 fully saturated rings. The zero-order chi connectivity index (χ0) is 19.6. The van der Waals surface area contributed by atoms with Crippen LogP contribution in [0.25, 0.3) is 0 Å². The van der Waals surface area contributed by atoms with Crippen molar-refractivity contribution in [3.63, 3.8) is 0 Å². The lowest BCUT2D eigenvalue weighted by atomic mass is 10.2. The minimum absolute atomic E-state index is 0.275. The fourth-order valence-corrected chi connectivity index (χ4v) is 2.39. The molecule has 0 heterocycles. The molecule has 1 amide bonds. The number of benzene rings is 2. The van der Waals surface area contributed by atoms with Gasteiger partial charge in [-0.25, -0.2) is 4.79 Å². The fourth-order valence-electron chi connectivity index (χ4n) is 2.39. The van der Waals surface area contributed by atoms with E-state index in [1.807, 2.05) is 38.1 Å². The van der Waals surface area contributed by atoms with Crippen LogP contribution in [0.1, 0.15) is 29.8 Å². The van der Waals surface area contributed by atoms with Gasteiger partial charge < -0.3 is 19.1 Å². The van der Waals surface area contributed by atoms with Crippen LogP contribution < -0.4 is 9.47 Å². The Morgan fingerprint density at radius 1 is 0.852 bits per heavy atom. The zero-order valence-electron chi connectivity index (χ0n) is 15.9. The van der Waals surface area contributed by atoms with Gasteiger partial charge in [0.15, 0.2) is 6.61 Å². The summed E-state index contributed by atoms with van der Waals surface area (Å²) in [4.78, 5) is 25.8. The predicted octanol–water partition coefficient (Wildman–Crippen LogP) is 3.30. The topological polar surface area (TPSA) is 65.1 Å². The maximum Gasteiger partial charge on any atom is 0.338 e. The van der Waals surface area contributed by atoms with Crippen molar-refractivity contribution in [1.29, 1.82) is 0 Å². The van der Waals surface area contributed by atoms with Crippen molar-refractivity contribution in [2.75, 3.05) is 26.9 Å². The van der Waals surface area contributed by atoms with Gasteiger partial charge in [0.2, 0.25) is 0 Å². The van der Waals surface area contributed by atoms with Crippen LogP contribution in [-0.2, 0) is 16.1 Å². The Labute approximate surface area is 159 Å². The summed E-state index contributed by atoms with van der Waals surface area (Å²) in [6.07, 6.45) is 0. The molecule has 0 atom stereocenters. The molecular formula is C21H25NO5. The van der Waals surface area contributed by atoms with Crippen LogP contribution >= 0.6 is 0 Å². The van der Waals surface area contributed by atoms with E-state index in [2.05, 4.69) is 0 Å². The molecule has 0 N–H and O–H groups in total. The van der Waals surface area contributed by atoms with Gasteiger partial charge >= 0.3 is 5.97 Å². The van der Waals surface area contributed by atoms with Gasteiger partial charge in [0.25, 0.3) is 5.91 Å². The molecule has 2 rings (SSSR count). The van der Waals surface area contributed by atoms with Crippen LogP contribution in [-0.4, -0.2) is 43.6 Å². The summed E-state index contributed by atoms with van der Waals surface area (Å²) < 4.78 is 15.8. The number of hydrogen-bond acceptors (Lipinski definition) is 5. The first kappa shape index (κ1) is 20.3. The lowest BCUT2D eigenvalue weighted by Gasteiger charge is -2.17. The van der Waals surface area contributed by atoms with E-state index in [0.717, 1.165) is 11.3 Å². The van der Waals surface area contributed by atoms with Gasteiger partial charge in [0.05, 0.1) is 18.8 Å². The summed E-state index contributed by atoms with van der Waals surface area (Å²) in [6, 6.07) is 14.1. The Hall–Kier alpha value is -3.02. The SMILES string of the molecule is CCOc1ccc(CN(C)C(=O)COC(=O)c2ccc(OCC)cc2)cc1. The number of rotatable bonds is 9. The summed E-state index contributed by atoms with van der Waals surface area (Å²) in [7, 11) is 1.67. The number of likely N-dealkylation sites (N-methyl/N-ethyl adjacent to an activating group) is 1. The van der Waals surface area contributed by atoms with Crippen molar-refractivity contribution in [1.82, 2.24) is 4.90 Å². The molecule has 0 aromatic heterocycles. The molecule has 27 heavy (non-hydrogen) atoms. The van der Waals surface area contributed by atoms with Crippen LogP contribution in [0.15, 0.2) is 48.5 Å². The Morgan fingerprint density at radius 3 is 1.89 bits per heavy atom. The van der Waals surface area contributed by atoms with Crippen LogP contribution in [0.5, 0.6) is 11.5 Å². The van der Waals surface area contributed by atoms with E-state index in [1.165, 1.54) is 4.90 Å². The van der Waals surface area contributed by atoms with Gasteiger partial charge in [0, 0.05) is 13.6 Å². The number of carbonyl (C=O) groups excluding carboxylic acids is 2. The monoisotopic (exact) mass is 371 g/mol.